The van der Waals surface area contributed by atoms with E-state index in [0.717, 1.165) is 21.7 Å². The summed E-state index contributed by atoms with van der Waals surface area (Å²) in [5.41, 5.74) is 4.01. The van der Waals surface area contributed by atoms with Crippen LogP contribution in [0.25, 0.3) is 10.4 Å². The summed E-state index contributed by atoms with van der Waals surface area (Å²) >= 11 is 1.57. The van der Waals surface area contributed by atoms with E-state index in [-0.39, 0.29) is 65.1 Å². The molecule has 0 spiro atoms. The van der Waals surface area contributed by atoms with Gasteiger partial charge in [-0.3, -0.25) is 14.4 Å². The molecule has 4 N–H and O–H groups in total. The highest BCUT2D eigenvalue weighted by Crippen LogP contribution is 2.28. The van der Waals surface area contributed by atoms with Crippen LogP contribution in [-0.4, -0.2) is 148 Å². The number of β-amino-alcohol motifs (C(OH)–C–C–N with tert-alkyl or cyclic N) is 1. The van der Waals surface area contributed by atoms with E-state index >= 15 is 0 Å². The van der Waals surface area contributed by atoms with Gasteiger partial charge in [-0.15, -0.1) is 11.3 Å². The van der Waals surface area contributed by atoms with Crippen LogP contribution in [-0.2, 0) is 54.1 Å². The van der Waals surface area contributed by atoms with Crippen molar-refractivity contribution in [1.82, 2.24) is 20.5 Å². The molecule has 1 aromatic heterocycles. The number of aromatic nitrogens is 1. The molecule has 1 aromatic carbocycles. The third-order valence-electron chi connectivity index (χ3n) is 8.03. The van der Waals surface area contributed by atoms with Crippen LogP contribution in [0.3, 0.4) is 0 Å². The topological polar surface area (TPSA) is 204 Å². The van der Waals surface area contributed by atoms with Gasteiger partial charge in [0, 0.05) is 19.5 Å². The lowest BCUT2D eigenvalue weighted by atomic mass is 9.85. The zero-order valence-electron chi connectivity index (χ0n) is 31.0. The molecule has 3 rings (SSSR count). The Labute approximate surface area is 314 Å². The SMILES string of the molecule is Cc1ncsc1-c1ccc(CNC(=O)[C@@H]2C[C@@H](O)CN2C(=O)C(NC(=O)COCCOCCOCCOCCOCCOCC(=O)O)C(C)(C)C)cc1. The number of nitrogens with one attached hydrogen (secondary N) is 2. The molecule has 1 aliphatic rings. The molecule has 1 aliphatic heterocycles. The first-order valence-electron chi connectivity index (χ1n) is 17.6. The predicted octanol–water partition coefficient (Wildman–Crippen LogP) is 1.41. The third-order valence-corrected chi connectivity index (χ3v) is 9.01. The minimum Gasteiger partial charge on any atom is -0.480 e. The van der Waals surface area contributed by atoms with E-state index in [1.165, 1.54) is 4.90 Å². The first-order valence-corrected chi connectivity index (χ1v) is 18.5. The number of aliphatic hydroxyl groups excluding tert-OH is 1. The Balaban J connectivity index is 1.30. The molecule has 0 radical (unpaired) electrons. The maximum absolute atomic E-state index is 13.8. The fourth-order valence-corrected chi connectivity index (χ4v) is 6.12. The Hall–Kier alpha value is -3.55. The number of carboxylic acid groups (broad SMARTS) is 1. The summed E-state index contributed by atoms with van der Waals surface area (Å²) in [6.07, 6.45) is -0.772. The molecule has 3 amide bonds. The lowest BCUT2D eigenvalue weighted by molar-refractivity contribution is -0.144. The van der Waals surface area contributed by atoms with Gasteiger partial charge in [0.15, 0.2) is 0 Å². The van der Waals surface area contributed by atoms with E-state index in [0.29, 0.717) is 39.6 Å². The molecule has 2 heterocycles. The summed E-state index contributed by atoms with van der Waals surface area (Å²) in [6.45, 7) is 10.1. The summed E-state index contributed by atoms with van der Waals surface area (Å²) in [6, 6.07) is 5.99. The van der Waals surface area contributed by atoms with Gasteiger partial charge in [-0.05, 0) is 23.5 Å². The van der Waals surface area contributed by atoms with E-state index in [2.05, 4.69) is 15.6 Å². The van der Waals surface area contributed by atoms with Crippen molar-refractivity contribution in [2.24, 2.45) is 5.41 Å². The predicted molar refractivity (Wildman–Crippen MR) is 194 cm³/mol. The molecule has 296 valence electrons. The van der Waals surface area contributed by atoms with Crippen molar-refractivity contribution in [1.29, 1.82) is 0 Å². The van der Waals surface area contributed by atoms with Crippen molar-refractivity contribution in [2.45, 2.75) is 58.8 Å². The first kappa shape index (κ1) is 43.9. The smallest absolute Gasteiger partial charge is 0.329 e. The van der Waals surface area contributed by atoms with E-state index in [9.17, 15) is 24.3 Å². The molecule has 16 nitrogen and oxygen atoms in total. The number of nitrogens with zero attached hydrogens (tertiary/aromatic N) is 2. The van der Waals surface area contributed by atoms with Crippen LogP contribution in [0.2, 0.25) is 0 Å². The Kier molecular flexibility index (Phi) is 19.3. The Bertz CT molecular complexity index is 1420. The molecule has 17 heteroatoms. The van der Waals surface area contributed by atoms with Gasteiger partial charge in [0.2, 0.25) is 17.7 Å². The number of amides is 3. The summed E-state index contributed by atoms with van der Waals surface area (Å²) < 4.78 is 31.8. The Morgan fingerprint density at radius 1 is 0.868 bits per heavy atom. The second kappa shape index (κ2) is 23.3. The third kappa shape index (κ3) is 16.2. The fourth-order valence-electron chi connectivity index (χ4n) is 5.30. The van der Waals surface area contributed by atoms with Crippen molar-refractivity contribution in [3.8, 4) is 10.4 Å². The quantitative estimate of drug-likeness (QED) is 0.106. The lowest BCUT2D eigenvalue weighted by Crippen LogP contribution is -2.58. The summed E-state index contributed by atoms with van der Waals surface area (Å²) in [4.78, 5) is 57.0. The molecule has 2 aromatic rings. The monoisotopic (exact) mass is 766 g/mol. The summed E-state index contributed by atoms with van der Waals surface area (Å²) in [7, 11) is 0. The molecule has 0 bridgehead atoms. The Morgan fingerprint density at radius 3 is 1.89 bits per heavy atom. The van der Waals surface area contributed by atoms with Crippen LogP contribution in [0.15, 0.2) is 29.8 Å². The summed E-state index contributed by atoms with van der Waals surface area (Å²) in [5, 5.41) is 24.6. The van der Waals surface area contributed by atoms with Crippen LogP contribution < -0.4 is 10.6 Å². The second-order valence-electron chi connectivity index (χ2n) is 13.4. The highest BCUT2D eigenvalue weighted by Gasteiger charge is 2.44. The highest BCUT2D eigenvalue weighted by atomic mass is 32.1. The number of aliphatic hydroxyl groups is 1. The van der Waals surface area contributed by atoms with Gasteiger partial charge in [-0.25, -0.2) is 9.78 Å². The van der Waals surface area contributed by atoms with Gasteiger partial charge in [-0.1, -0.05) is 45.0 Å². The number of aliphatic carboxylic acids is 1. The molecule has 0 saturated carbocycles. The number of thiazole rings is 1. The first-order chi connectivity index (χ1) is 25.4. The number of carbonyl (C=O) groups is 4. The lowest BCUT2D eigenvalue weighted by Gasteiger charge is -2.35. The van der Waals surface area contributed by atoms with Crippen molar-refractivity contribution in [3.05, 3.63) is 41.0 Å². The van der Waals surface area contributed by atoms with Crippen molar-refractivity contribution >= 4 is 35.0 Å². The van der Waals surface area contributed by atoms with Crippen molar-refractivity contribution in [2.75, 3.05) is 85.8 Å². The molecule has 1 saturated heterocycles. The molecule has 0 aliphatic carbocycles. The number of rotatable bonds is 25. The maximum Gasteiger partial charge on any atom is 0.329 e. The zero-order chi connectivity index (χ0) is 38.6. The number of benzene rings is 1. The minimum atomic E-state index is -1.02. The van der Waals surface area contributed by atoms with Crippen LogP contribution in [0.5, 0.6) is 0 Å². The van der Waals surface area contributed by atoms with Crippen LogP contribution in [0.1, 0.15) is 38.4 Å². The standard InChI is InChI=1S/C36H54N4O12S/c1-25-32(53-24-38-25)27-7-5-26(6-8-27)20-37-34(45)29-19-28(41)21-40(29)35(46)33(36(2,3)4)39-30(42)22-51-17-15-49-13-11-47-9-10-48-12-14-50-16-18-52-23-31(43)44/h5-8,24,28-29,33,41H,9-23H2,1-4H3,(H,37,45)(H,39,42)(H,43,44)/t28-,29+,33?/m1/s1. The van der Waals surface area contributed by atoms with Crippen molar-refractivity contribution < 1.29 is 57.8 Å². The molecule has 53 heavy (non-hydrogen) atoms. The maximum atomic E-state index is 13.8. The molecule has 1 fully saturated rings. The number of aryl methyl sites for hydroxylation is 1. The van der Waals surface area contributed by atoms with Gasteiger partial charge < -0.3 is 54.2 Å². The molecular formula is C36H54N4O12S. The van der Waals surface area contributed by atoms with E-state index in [1.54, 1.807) is 16.8 Å². The van der Waals surface area contributed by atoms with E-state index < -0.39 is 41.4 Å². The second-order valence-corrected chi connectivity index (χ2v) is 14.2. The number of carboxylic acids is 1. The average molecular weight is 767 g/mol. The van der Waals surface area contributed by atoms with Crippen LogP contribution >= 0.6 is 11.3 Å². The van der Waals surface area contributed by atoms with Crippen LogP contribution in [0.4, 0.5) is 0 Å². The minimum absolute atomic E-state index is 0.0170. The average Bonchev–Trinajstić information content (AvgIpc) is 3.73. The number of hydrogen-bond donors (Lipinski definition) is 4. The molecule has 1 unspecified atom stereocenters. The van der Waals surface area contributed by atoms with Gasteiger partial charge in [0.25, 0.3) is 0 Å². The van der Waals surface area contributed by atoms with Gasteiger partial charge in [0.05, 0.1) is 88.3 Å². The van der Waals surface area contributed by atoms with Gasteiger partial charge >= 0.3 is 5.97 Å². The van der Waals surface area contributed by atoms with E-state index in [4.69, 9.17) is 33.5 Å². The van der Waals surface area contributed by atoms with Gasteiger partial charge in [-0.2, -0.15) is 0 Å². The van der Waals surface area contributed by atoms with E-state index in [1.807, 2.05) is 52.0 Å². The van der Waals surface area contributed by atoms with Gasteiger partial charge in [0.1, 0.15) is 25.3 Å². The zero-order valence-corrected chi connectivity index (χ0v) is 31.8. The number of hydrogen-bond acceptors (Lipinski definition) is 13. The van der Waals surface area contributed by atoms with Crippen molar-refractivity contribution in [3.63, 3.8) is 0 Å². The number of likely N-dealkylation sites (tertiary alicyclic amines) is 1. The highest BCUT2D eigenvalue weighted by molar-refractivity contribution is 7.13. The fraction of sp³-hybridized carbons (Fsp3) is 0.639. The normalized spacial score (nSPS) is 16.4. The van der Waals surface area contributed by atoms with Crippen LogP contribution in [0, 0.1) is 12.3 Å². The number of carbonyl (C=O) groups excluding carboxylic acids is 3. The number of ether oxygens (including phenoxy) is 6. The summed E-state index contributed by atoms with van der Waals surface area (Å²) in [5.74, 6) is -2.34. The molecular weight excluding hydrogens is 712 g/mol. The largest absolute Gasteiger partial charge is 0.480 e. The Morgan fingerprint density at radius 2 is 1.40 bits per heavy atom. The molecule has 3 atom stereocenters.